The van der Waals surface area contributed by atoms with Crippen LogP contribution >= 0.6 is 0 Å². The Morgan fingerprint density at radius 2 is 1.76 bits per heavy atom. The molecule has 0 heterocycles. The predicted octanol–water partition coefficient (Wildman–Crippen LogP) is 3.77. The van der Waals surface area contributed by atoms with Crippen LogP contribution in [-0.2, 0) is 4.79 Å². The smallest absolute Gasteiger partial charge is 0.260 e. The number of Topliss-reactive ketones (excluding diaryl/α,β-unsaturated/α-hetero) is 1. The van der Waals surface area contributed by atoms with Gasteiger partial charge in [-0.05, 0) is 43.7 Å². The quantitative estimate of drug-likeness (QED) is 0.748. The minimum atomic E-state index is -0.689. The maximum absolute atomic E-state index is 13.7. The van der Waals surface area contributed by atoms with E-state index < -0.39 is 5.82 Å². The number of hydrogen-bond acceptors (Lipinski definition) is 3. The van der Waals surface area contributed by atoms with Crippen LogP contribution in [0.2, 0.25) is 0 Å². The summed E-state index contributed by atoms with van der Waals surface area (Å²) in [6.07, 6.45) is 0. The van der Waals surface area contributed by atoms with Crippen LogP contribution in [0.4, 0.5) is 8.78 Å². The summed E-state index contributed by atoms with van der Waals surface area (Å²) in [5, 5.41) is 0. The summed E-state index contributed by atoms with van der Waals surface area (Å²) in [5.41, 5.74) is 0.759. The van der Waals surface area contributed by atoms with Gasteiger partial charge >= 0.3 is 0 Å². The highest BCUT2D eigenvalue weighted by atomic mass is 19.1. The molecule has 0 saturated heterocycles. The van der Waals surface area contributed by atoms with Gasteiger partial charge < -0.3 is 9.64 Å². The Labute approximate surface area is 145 Å². The van der Waals surface area contributed by atoms with Crippen molar-refractivity contribution in [2.24, 2.45) is 0 Å². The van der Waals surface area contributed by atoms with Gasteiger partial charge in [-0.25, -0.2) is 8.78 Å². The third-order valence-electron chi connectivity index (χ3n) is 4.01. The maximum atomic E-state index is 13.7. The number of halogens is 2. The molecule has 1 amide bonds. The molecule has 4 nitrogen and oxygen atoms in total. The standard InChI is InChI=1S/C19H19F2NO3/c1-12(14-4-6-15(20)7-5-14)22(3)19(24)11-25-16-8-9-17(13(2)23)18(21)10-16/h4-10,12H,11H2,1-3H3. The number of rotatable bonds is 6. The van der Waals surface area contributed by atoms with Crippen LogP contribution in [-0.4, -0.2) is 30.2 Å². The van der Waals surface area contributed by atoms with E-state index in [1.807, 2.05) is 6.92 Å². The first-order chi connectivity index (χ1) is 11.8. The largest absolute Gasteiger partial charge is 0.484 e. The van der Waals surface area contributed by atoms with E-state index in [9.17, 15) is 18.4 Å². The molecule has 0 fully saturated rings. The molecule has 1 unspecified atom stereocenters. The molecule has 0 radical (unpaired) electrons. The van der Waals surface area contributed by atoms with Crippen LogP contribution in [0.15, 0.2) is 42.5 Å². The number of nitrogens with zero attached hydrogens (tertiary/aromatic N) is 1. The van der Waals surface area contributed by atoms with Gasteiger partial charge in [-0.3, -0.25) is 9.59 Å². The summed E-state index contributed by atoms with van der Waals surface area (Å²) in [7, 11) is 1.61. The second kappa shape index (κ2) is 7.88. The summed E-state index contributed by atoms with van der Waals surface area (Å²) < 4.78 is 32.0. The molecule has 2 aromatic rings. The van der Waals surface area contributed by atoms with Gasteiger partial charge in [0.05, 0.1) is 11.6 Å². The van der Waals surface area contributed by atoms with Crippen molar-refractivity contribution < 1.29 is 23.1 Å². The average Bonchev–Trinajstić information content (AvgIpc) is 2.58. The van der Waals surface area contributed by atoms with Crippen molar-refractivity contribution in [2.75, 3.05) is 13.7 Å². The van der Waals surface area contributed by atoms with Crippen molar-refractivity contribution in [3.05, 3.63) is 65.2 Å². The average molecular weight is 347 g/mol. The number of amides is 1. The number of benzene rings is 2. The van der Waals surface area contributed by atoms with Gasteiger partial charge in [0, 0.05) is 13.1 Å². The number of ether oxygens (including phenoxy) is 1. The first-order valence-corrected chi connectivity index (χ1v) is 7.74. The Kier molecular flexibility index (Phi) is 5.85. The van der Waals surface area contributed by atoms with Gasteiger partial charge in [-0.1, -0.05) is 12.1 Å². The lowest BCUT2D eigenvalue weighted by Crippen LogP contribution is -2.33. The normalized spacial score (nSPS) is 11.7. The molecule has 25 heavy (non-hydrogen) atoms. The van der Waals surface area contributed by atoms with E-state index in [1.165, 1.54) is 36.1 Å². The summed E-state index contributed by atoms with van der Waals surface area (Å²) in [6, 6.07) is 9.46. The summed E-state index contributed by atoms with van der Waals surface area (Å²) in [6.45, 7) is 2.81. The Bertz CT molecular complexity index is 775. The highest BCUT2D eigenvalue weighted by molar-refractivity contribution is 5.94. The number of carbonyl (C=O) groups is 2. The number of ketones is 1. The second-order valence-corrected chi connectivity index (χ2v) is 5.72. The third kappa shape index (κ3) is 4.62. The molecule has 1 atom stereocenters. The molecule has 0 N–H and O–H groups in total. The van der Waals surface area contributed by atoms with Crippen LogP contribution < -0.4 is 4.74 Å². The van der Waals surface area contributed by atoms with Gasteiger partial charge in [0.15, 0.2) is 12.4 Å². The first-order valence-electron chi connectivity index (χ1n) is 7.74. The van der Waals surface area contributed by atoms with Crippen LogP contribution in [0.5, 0.6) is 5.75 Å². The lowest BCUT2D eigenvalue weighted by molar-refractivity contribution is -0.134. The molecular weight excluding hydrogens is 328 g/mol. The topological polar surface area (TPSA) is 46.6 Å². The molecule has 0 aromatic heterocycles. The lowest BCUT2D eigenvalue weighted by Gasteiger charge is -2.25. The van der Waals surface area contributed by atoms with Crippen LogP contribution in [0, 0.1) is 11.6 Å². The van der Waals surface area contributed by atoms with Crippen molar-refractivity contribution in [3.63, 3.8) is 0 Å². The maximum Gasteiger partial charge on any atom is 0.260 e. The van der Waals surface area contributed by atoms with Gasteiger partial charge in [0.25, 0.3) is 5.91 Å². The van der Waals surface area contributed by atoms with Gasteiger partial charge in [0.1, 0.15) is 17.4 Å². The van der Waals surface area contributed by atoms with Crippen molar-refractivity contribution in [1.29, 1.82) is 0 Å². The van der Waals surface area contributed by atoms with Crippen molar-refractivity contribution in [1.82, 2.24) is 4.90 Å². The molecule has 0 aliphatic carbocycles. The molecule has 0 bridgehead atoms. The first kappa shape index (κ1) is 18.6. The number of hydrogen-bond donors (Lipinski definition) is 0. The molecule has 0 spiro atoms. The van der Waals surface area contributed by atoms with E-state index in [0.29, 0.717) is 0 Å². The Morgan fingerprint density at radius 1 is 1.12 bits per heavy atom. The minimum Gasteiger partial charge on any atom is -0.484 e. The van der Waals surface area contributed by atoms with Gasteiger partial charge in [-0.2, -0.15) is 0 Å². The van der Waals surface area contributed by atoms with E-state index in [-0.39, 0.29) is 41.5 Å². The van der Waals surface area contributed by atoms with E-state index in [2.05, 4.69) is 0 Å². The highest BCUT2D eigenvalue weighted by Crippen LogP contribution is 2.20. The molecule has 132 valence electrons. The highest BCUT2D eigenvalue weighted by Gasteiger charge is 2.18. The fourth-order valence-electron chi connectivity index (χ4n) is 2.30. The van der Waals surface area contributed by atoms with Crippen molar-refractivity contribution in [3.8, 4) is 5.75 Å². The van der Waals surface area contributed by atoms with Crippen LogP contribution in [0.3, 0.4) is 0 Å². The second-order valence-electron chi connectivity index (χ2n) is 5.72. The zero-order valence-corrected chi connectivity index (χ0v) is 14.3. The van der Waals surface area contributed by atoms with Crippen molar-refractivity contribution >= 4 is 11.7 Å². The van der Waals surface area contributed by atoms with E-state index in [4.69, 9.17) is 4.74 Å². The van der Waals surface area contributed by atoms with E-state index in [1.54, 1.807) is 19.2 Å². The molecule has 2 aromatic carbocycles. The fraction of sp³-hybridized carbons (Fsp3) is 0.263. The zero-order chi connectivity index (χ0) is 18.6. The van der Waals surface area contributed by atoms with Crippen LogP contribution in [0.25, 0.3) is 0 Å². The molecule has 0 aliphatic heterocycles. The van der Waals surface area contributed by atoms with E-state index in [0.717, 1.165) is 11.6 Å². The molecule has 0 saturated carbocycles. The Morgan fingerprint density at radius 3 is 2.32 bits per heavy atom. The fourth-order valence-corrected chi connectivity index (χ4v) is 2.30. The molecule has 6 heteroatoms. The van der Waals surface area contributed by atoms with Crippen LogP contribution in [0.1, 0.15) is 35.8 Å². The molecular formula is C19H19F2NO3. The summed E-state index contributed by atoms with van der Waals surface area (Å²) >= 11 is 0. The minimum absolute atomic E-state index is 0.0271. The third-order valence-corrected chi connectivity index (χ3v) is 4.01. The summed E-state index contributed by atoms with van der Waals surface area (Å²) in [5.74, 6) is -1.56. The Hall–Kier alpha value is -2.76. The Balaban J connectivity index is 1.98. The predicted molar refractivity (Wildman–Crippen MR) is 89.5 cm³/mol. The SMILES string of the molecule is CC(=O)c1ccc(OCC(=O)N(C)C(C)c2ccc(F)cc2)cc1F. The number of likely N-dealkylation sites (N-methyl/N-ethyl adjacent to an activating group) is 1. The summed E-state index contributed by atoms with van der Waals surface area (Å²) in [4.78, 5) is 24.9. The lowest BCUT2D eigenvalue weighted by atomic mass is 10.1. The monoisotopic (exact) mass is 347 g/mol. The van der Waals surface area contributed by atoms with Crippen molar-refractivity contribution in [2.45, 2.75) is 19.9 Å². The zero-order valence-electron chi connectivity index (χ0n) is 14.3. The molecule has 2 rings (SSSR count). The van der Waals surface area contributed by atoms with E-state index >= 15 is 0 Å². The number of carbonyl (C=O) groups excluding carboxylic acids is 2. The molecule has 0 aliphatic rings. The van der Waals surface area contributed by atoms with Gasteiger partial charge in [0.2, 0.25) is 0 Å². The van der Waals surface area contributed by atoms with Gasteiger partial charge in [-0.15, -0.1) is 0 Å².